The summed E-state index contributed by atoms with van der Waals surface area (Å²) in [5.74, 6) is 0. The third kappa shape index (κ3) is 4.94. The van der Waals surface area contributed by atoms with Crippen LogP contribution in [-0.2, 0) is 4.74 Å². The van der Waals surface area contributed by atoms with Gasteiger partial charge in [0.2, 0.25) is 0 Å². The molecule has 1 aliphatic rings. The molecular formula is C14H30N2O. The van der Waals surface area contributed by atoms with Crippen LogP contribution in [0.3, 0.4) is 0 Å². The maximum absolute atomic E-state index is 5.65. The molecule has 17 heavy (non-hydrogen) atoms. The van der Waals surface area contributed by atoms with Crippen molar-refractivity contribution in [2.24, 2.45) is 0 Å². The molecule has 3 nitrogen and oxygen atoms in total. The average molecular weight is 242 g/mol. The second kappa shape index (κ2) is 7.34. The van der Waals surface area contributed by atoms with E-state index >= 15 is 0 Å². The van der Waals surface area contributed by atoms with Crippen molar-refractivity contribution in [3.63, 3.8) is 0 Å². The van der Waals surface area contributed by atoms with Crippen molar-refractivity contribution < 1.29 is 4.74 Å². The number of likely N-dealkylation sites (tertiary alicyclic amines) is 1. The standard InChI is InChI=1S/C14H30N2O/c1-5-15-10-6-8-13(2)16-11-7-9-14(3,12-16)17-4/h13,15H,5-12H2,1-4H3. The number of rotatable bonds is 7. The summed E-state index contributed by atoms with van der Waals surface area (Å²) < 4.78 is 5.65. The van der Waals surface area contributed by atoms with Crippen LogP contribution >= 0.6 is 0 Å². The lowest BCUT2D eigenvalue weighted by atomic mass is 9.93. The van der Waals surface area contributed by atoms with Crippen LogP contribution in [0, 0.1) is 0 Å². The third-order valence-corrected chi connectivity index (χ3v) is 4.03. The molecule has 1 aliphatic heterocycles. The molecule has 0 aromatic carbocycles. The molecule has 0 spiro atoms. The third-order valence-electron chi connectivity index (χ3n) is 4.03. The van der Waals surface area contributed by atoms with Gasteiger partial charge in [0, 0.05) is 19.7 Å². The predicted molar refractivity (Wildman–Crippen MR) is 73.5 cm³/mol. The lowest BCUT2D eigenvalue weighted by Gasteiger charge is -2.42. The molecule has 0 aromatic rings. The van der Waals surface area contributed by atoms with E-state index in [1.54, 1.807) is 0 Å². The lowest BCUT2D eigenvalue weighted by molar-refractivity contribution is -0.0603. The van der Waals surface area contributed by atoms with E-state index in [1.165, 1.54) is 32.2 Å². The predicted octanol–water partition coefficient (Wildman–Crippen LogP) is 2.27. The summed E-state index contributed by atoms with van der Waals surface area (Å²) in [5, 5.41) is 3.39. The van der Waals surface area contributed by atoms with Gasteiger partial charge in [-0.05, 0) is 59.2 Å². The van der Waals surface area contributed by atoms with E-state index in [9.17, 15) is 0 Å². The number of hydrogen-bond acceptors (Lipinski definition) is 3. The Morgan fingerprint density at radius 2 is 2.24 bits per heavy atom. The summed E-state index contributed by atoms with van der Waals surface area (Å²) in [5.41, 5.74) is 0.0776. The molecule has 1 saturated heterocycles. The fraction of sp³-hybridized carbons (Fsp3) is 1.00. The first-order chi connectivity index (χ1) is 8.11. The Kier molecular flexibility index (Phi) is 6.45. The Hall–Kier alpha value is -0.120. The van der Waals surface area contributed by atoms with E-state index in [2.05, 4.69) is 31.0 Å². The molecule has 2 unspecified atom stereocenters. The van der Waals surface area contributed by atoms with Crippen molar-refractivity contribution >= 4 is 0 Å². The number of hydrogen-bond donors (Lipinski definition) is 1. The second-order valence-corrected chi connectivity index (χ2v) is 5.57. The van der Waals surface area contributed by atoms with Crippen molar-refractivity contribution in [2.75, 3.05) is 33.3 Å². The largest absolute Gasteiger partial charge is 0.377 e. The molecule has 1 fully saturated rings. The molecule has 1 N–H and O–H groups in total. The van der Waals surface area contributed by atoms with Gasteiger partial charge in [-0.1, -0.05) is 6.92 Å². The molecule has 1 heterocycles. The molecule has 2 atom stereocenters. The van der Waals surface area contributed by atoms with Gasteiger partial charge in [-0.2, -0.15) is 0 Å². The monoisotopic (exact) mass is 242 g/mol. The Morgan fingerprint density at radius 1 is 1.47 bits per heavy atom. The fourth-order valence-electron chi connectivity index (χ4n) is 2.67. The molecule has 0 aromatic heterocycles. The highest BCUT2D eigenvalue weighted by Crippen LogP contribution is 2.25. The van der Waals surface area contributed by atoms with Gasteiger partial charge in [0.25, 0.3) is 0 Å². The van der Waals surface area contributed by atoms with Gasteiger partial charge in [-0.15, -0.1) is 0 Å². The molecule has 3 heteroatoms. The van der Waals surface area contributed by atoms with Crippen LogP contribution in [0.4, 0.5) is 0 Å². The summed E-state index contributed by atoms with van der Waals surface area (Å²) in [4.78, 5) is 2.60. The SMILES string of the molecule is CCNCCCC(C)N1CCCC(C)(OC)C1. The highest BCUT2D eigenvalue weighted by molar-refractivity contribution is 4.86. The summed E-state index contributed by atoms with van der Waals surface area (Å²) in [7, 11) is 1.85. The normalized spacial score (nSPS) is 28.2. The molecule has 1 rings (SSSR count). The number of methoxy groups -OCH3 is 1. The maximum Gasteiger partial charge on any atom is 0.0777 e. The van der Waals surface area contributed by atoms with Crippen LogP contribution in [0.15, 0.2) is 0 Å². The van der Waals surface area contributed by atoms with Gasteiger partial charge in [-0.3, -0.25) is 4.90 Å². The summed E-state index contributed by atoms with van der Waals surface area (Å²) in [6.45, 7) is 11.3. The van der Waals surface area contributed by atoms with Crippen molar-refractivity contribution in [1.82, 2.24) is 10.2 Å². The first kappa shape index (κ1) is 14.9. The van der Waals surface area contributed by atoms with Crippen LogP contribution < -0.4 is 5.32 Å². The van der Waals surface area contributed by atoms with Crippen molar-refractivity contribution in [3.05, 3.63) is 0 Å². The first-order valence-electron chi connectivity index (χ1n) is 7.11. The van der Waals surface area contributed by atoms with Gasteiger partial charge >= 0.3 is 0 Å². The zero-order valence-electron chi connectivity index (χ0n) is 12.1. The Bertz CT molecular complexity index is 210. The van der Waals surface area contributed by atoms with Gasteiger partial charge in [0.05, 0.1) is 5.60 Å². The average Bonchev–Trinajstić information content (AvgIpc) is 2.34. The van der Waals surface area contributed by atoms with Crippen LogP contribution in [-0.4, -0.2) is 49.8 Å². The highest BCUT2D eigenvalue weighted by atomic mass is 16.5. The first-order valence-corrected chi connectivity index (χ1v) is 7.11. The van der Waals surface area contributed by atoms with E-state index in [0.717, 1.165) is 19.6 Å². The van der Waals surface area contributed by atoms with Gasteiger partial charge in [0.15, 0.2) is 0 Å². The lowest BCUT2D eigenvalue weighted by Crippen LogP contribution is -2.50. The molecule has 0 radical (unpaired) electrons. The van der Waals surface area contributed by atoms with E-state index in [4.69, 9.17) is 4.74 Å². The zero-order chi connectivity index (χ0) is 12.7. The molecule has 0 bridgehead atoms. The summed E-state index contributed by atoms with van der Waals surface area (Å²) in [6, 6.07) is 0.684. The molecule has 0 aliphatic carbocycles. The number of piperidine rings is 1. The minimum atomic E-state index is 0.0776. The Balaban J connectivity index is 2.28. The van der Waals surface area contributed by atoms with Gasteiger partial charge in [-0.25, -0.2) is 0 Å². The van der Waals surface area contributed by atoms with Crippen LogP contribution in [0.2, 0.25) is 0 Å². The minimum Gasteiger partial charge on any atom is -0.377 e. The quantitative estimate of drug-likeness (QED) is 0.693. The minimum absolute atomic E-state index is 0.0776. The van der Waals surface area contributed by atoms with Gasteiger partial charge < -0.3 is 10.1 Å². The summed E-state index contributed by atoms with van der Waals surface area (Å²) in [6.07, 6.45) is 5.02. The maximum atomic E-state index is 5.65. The second-order valence-electron chi connectivity index (χ2n) is 5.57. The Labute approximate surface area is 107 Å². The fourth-order valence-corrected chi connectivity index (χ4v) is 2.67. The van der Waals surface area contributed by atoms with Crippen LogP contribution in [0.1, 0.15) is 46.5 Å². The number of ether oxygens (including phenoxy) is 1. The highest BCUT2D eigenvalue weighted by Gasteiger charge is 2.32. The van der Waals surface area contributed by atoms with E-state index < -0.39 is 0 Å². The van der Waals surface area contributed by atoms with Gasteiger partial charge in [0.1, 0.15) is 0 Å². The summed E-state index contributed by atoms with van der Waals surface area (Å²) >= 11 is 0. The molecule has 102 valence electrons. The zero-order valence-corrected chi connectivity index (χ0v) is 12.1. The van der Waals surface area contributed by atoms with Crippen LogP contribution in [0.25, 0.3) is 0 Å². The van der Waals surface area contributed by atoms with Crippen molar-refractivity contribution in [2.45, 2.75) is 58.1 Å². The smallest absolute Gasteiger partial charge is 0.0777 e. The topological polar surface area (TPSA) is 24.5 Å². The van der Waals surface area contributed by atoms with Crippen LogP contribution in [0.5, 0.6) is 0 Å². The number of nitrogens with zero attached hydrogens (tertiary/aromatic N) is 1. The molecular weight excluding hydrogens is 212 g/mol. The van der Waals surface area contributed by atoms with E-state index in [1.807, 2.05) is 7.11 Å². The molecule has 0 amide bonds. The van der Waals surface area contributed by atoms with E-state index in [0.29, 0.717) is 6.04 Å². The van der Waals surface area contributed by atoms with Crippen molar-refractivity contribution in [3.8, 4) is 0 Å². The van der Waals surface area contributed by atoms with Crippen molar-refractivity contribution in [1.29, 1.82) is 0 Å². The Morgan fingerprint density at radius 3 is 2.88 bits per heavy atom. The number of nitrogens with one attached hydrogen (secondary N) is 1. The van der Waals surface area contributed by atoms with E-state index in [-0.39, 0.29) is 5.60 Å². The molecule has 0 saturated carbocycles.